The third-order valence-electron chi connectivity index (χ3n) is 2.53. The lowest BCUT2D eigenvalue weighted by molar-refractivity contribution is 0.114. The summed E-state index contributed by atoms with van der Waals surface area (Å²) in [6.45, 7) is 3.50. The van der Waals surface area contributed by atoms with E-state index in [0.29, 0.717) is 11.1 Å². The summed E-state index contributed by atoms with van der Waals surface area (Å²) in [6, 6.07) is 1.84. The molecule has 1 aromatic heterocycles. The first kappa shape index (κ1) is 12.2. The molecule has 1 saturated heterocycles. The van der Waals surface area contributed by atoms with Crippen LogP contribution in [0.15, 0.2) is 12.3 Å². The first-order chi connectivity index (χ1) is 8.24. The molecule has 1 fully saturated rings. The second-order valence-corrected chi connectivity index (χ2v) is 4.40. The standard InChI is InChI=1S/C11H16N4OS/c1-8-4-5-12-10(14-8)15-11(17)13-7-9-3-2-6-16-9/h4-5,9H,2-3,6-7H2,1H3,(H2,12,13,14,15,17). The van der Waals surface area contributed by atoms with E-state index in [1.807, 2.05) is 13.0 Å². The van der Waals surface area contributed by atoms with Crippen LogP contribution in [0.2, 0.25) is 0 Å². The number of aromatic nitrogens is 2. The maximum atomic E-state index is 5.49. The van der Waals surface area contributed by atoms with E-state index in [1.54, 1.807) is 6.20 Å². The number of aryl methyl sites for hydroxylation is 1. The molecule has 1 aliphatic rings. The van der Waals surface area contributed by atoms with Crippen molar-refractivity contribution in [3.8, 4) is 0 Å². The summed E-state index contributed by atoms with van der Waals surface area (Å²) < 4.78 is 5.49. The first-order valence-corrected chi connectivity index (χ1v) is 6.11. The van der Waals surface area contributed by atoms with Crippen LogP contribution in [0.3, 0.4) is 0 Å². The Morgan fingerprint density at radius 3 is 3.24 bits per heavy atom. The van der Waals surface area contributed by atoms with Gasteiger partial charge in [0, 0.05) is 25.0 Å². The highest BCUT2D eigenvalue weighted by molar-refractivity contribution is 7.80. The molecule has 0 aromatic carbocycles. The topological polar surface area (TPSA) is 59.1 Å². The van der Waals surface area contributed by atoms with Crippen LogP contribution in [0, 0.1) is 6.92 Å². The van der Waals surface area contributed by atoms with Crippen molar-refractivity contribution in [2.45, 2.75) is 25.9 Å². The average molecular weight is 252 g/mol. The molecule has 2 N–H and O–H groups in total. The van der Waals surface area contributed by atoms with Crippen LogP contribution in [-0.4, -0.2) is 34.3 Å². The van der Waals surface area contributed by atoms with Crippen LogP contribution in [0.1, 0.15) is 18.5 Å². The highest BCUT2D eigenvalue weighted by atomic mass is 32.1. The molecule has 2 heterocycles. The number of ether oxygens (including phenoxy) is 1. The van der Waals surface area contributed by atoms with Crippen LogP contribution in [0.25, 0.3) is 0 Å². The van der Waals surface area contributed by atoms with E-state index in [2.05, 4.69) is 20.6 Å². The molecule has 0 spiro atoms. The maximum Gasteiger partial charge on any atom is 0.229 e. The van der Waals surface area contributed by atoms with Gasteiger partial charge in [0.2, 0.25) is 5.95 Å². The van der Waals surface area contributed by atoms with Gasteiger partial charge in [-0.25, -0.2) is 9.97 Å². The summed E-state index contributed by atoms with van der Waals surface area (Å²) >= 11 is 5.16. The molecule has 1 aliphatic heterocycles. The average Bonchev–Trinajstić information content (AvgIpc) is 2.79. The van der Waals surface area contributed by atoms with Gasteiger partial charge in [0.1, 0.15) is 0 Å². The molecule has 0 aliphatic carbocycles. The van der Waals surface area contributed by atoms with E-state index < -0.39 is 0 Å². The van der Waals surface area contributed by atoms with Gasteiger partial charge in [-0.15, -0.1) is 0 Å². The van der Waals surface area contributed by atoms with Crippen molar-refractivity contribution in [1.29, 1.82) is 0 Å². The molecule has 0 radical (unpaired) electrons. The zero-order valence-electron chi connectivity index (χ0n) is 9.77. The Hall–Kier alpha value is -1.27. The summed E-state index contributed by atoms with van der Waals surface area (Å²) in [5.74, 6) is 0.523. The zero-order chi connectivity index (χ0) is 12.1. The van der Waals surface area contributed by atoms with Gasteiger partial charge in [0.25, 0.3) is 0 Å². The fourth-order valence-corrected chi connectivity index (χ4v) is 1.84. The SMILES string of the molecule is Cc1ccnc(NC(=S)NCC2CCCO2)n1. The first-order valence-electron chi connectivity index (χ1n) is 5.70. The van der Waals surface area contributed by atoms with Crippen molar-refractivity contribution in [3.63, 3.8) is 0 Å². The highest BCUT2D eigenvalue weighted by Gasteiger charge is 2.15. The van der Waals surface area contributed by atoms with Gasteiger partial charge in [0.15, 0.2) is 5.11 Å². The van der Waals surface area contributed by atoms with Crippen LogP contribution in [0.5, 0.6) is 0 Å². The van der Waals surface area contributed by atoms with Gasteiger partial charge in [-0.05, 0) is 38.0 Å². The predicted octanol–water partition coefficient (Wildman–Crippen LogP) is 1.25. The molecule has 5 nitrogen and oxygen atoms in total. The van der Waals surface area contributed by atoms with Gasteiger partial charge < -0.3 is 15.4 Å². The quantitative estimate of drug-likeness (QED) is 0.790. The van der Waals surface area contributed by atoms with E-state index >= 15 is 0 Å². The molecule has 6 heteroatoms. The maximum absolute atomic E-state index is 5.49. The van der Waals surface area contributed by atoms with Crippen molar-refractivity contribution in [3.05, 3.63) is 18.0 Å². The van der Waals surface area contributed by atoms with Gasteiger partial charge >= 0.3 is 0 Å². The number of thiocarbonyl (C=S) groups is 1. The van der Waals surface area contributed by atoms with Crippen molar-refractivity contribution < 1.29 is 4.74 Å². The number of anilines is 1. The van der Waals surface area contributed by atoms with Crippen molar-refractivity contribution in [1.82, 2.24) is 15.3 Å². The Morgan fingerprint density at radius 2 is 2.53 bits per heavy atom. The summed E-state index contributed by atoms with van der Waals surface area (Å²) in [4.78, 5) is 8.29. The molecule has 0 saturated carbocycles. The fourth-order valence-electron chi connectivity index (χ4n) is 1.67. The van der Waals surface area contributed by atoms with Crippen molar-refractivity contribution in [2.75, 3.05) is 18.5 Å². The summed E-state index contributed by atoms with van der Waals surface area (Å²) in [7, 11) is 0. The Balaban J connectivity index is 1.76. The third-order valence-corrected chi connectivity index (χ3v) is 2.78. The molecule has 1 unspecified atom stereocenters. The van der Waals surface area contributed by atoms with Gasteiger partial charge in [-0.2, -0.15) is 0 Å². The number of hydrogen-bond donors (Lipinski definition) is 2. The number of nitrogens with one attached hydrogen (secondary N) is 2. The summed E-state index contributed by atoms with van der Waals surface area (Å²) in [5, 5.41) is 6.59. The van der Waals surface area contributed by atoms with E-state index in [0.717, 1.165) is 31.7 Å². The minimum absolute atomic E-state index is 0.271. The summed E-state index contributed by atoms with van der Waals surface area (Å²) in [5.41, 5.74) is 0.907. The zero-order valence-corrected chi connectivity index (χ0v) is 10.6. The van der Waals surface area contributed by atoms with Crippen LogP contribution in [-0.2, 0) is 4.74 Å². The van der Waals surface area contributed by atoms with Crippen LogP contribution in [0.4, 0.5) is 5.95 Å². The van der Waals surface area contributed by atoms with E-state index in [1.165, 1.54) is 0 Å². The molecule has 2 rings (SSSR count). The van der Waals surface area contributed by atoms with Gasteiger partial charge in [0.05, 0.1) is 6.10 Å². The van der Waals surface area contributed by atoms with Crippen LogP contribution >= 0.6 is 12.2 Å². The minimum Gasteiger partial charge on any atom is -0.376 e. The molecular formula is C11H16N4OS. The lowest BCUT2D eigenvalue weighted by Gasteiger charge is -2.13. The predicted molar refractivity (Wildman–Crippen MR) is 70.0 cm³/mol. The van der Waals surface area contributed by atoms with Gasteiger partial charge in [-0.1, -0.05) is 0 Å². The normalized spacial score (nSPS) is 19.0. The van der Waals surface area contributed by atoms with E-state index in [-0.39, 0.29) is 6.10 Å². The fraction of sp³-hybridized carbons (Fsp3) is 0.545. The van der Waals surface area contributed by atoms with Crippen molar-refractivity contribution >= 4 is 23.3 Å². The molecule has 0 bridgehead atoms. The molecule has 1 aromatic rings. The number of hydrogen-bond acceptors (Lipinski definition) is 4. The monoisotopic (exact) mass is 252 g/mol. The molecule has 92 valence electrons. The third kappa shape index (κ3) is 3.90. The Labute approximate surface area is 106 Å². The molecule has 17 heavy (non-hydrogen) atoms. The molecule has 0 amide bonds. The molecule has 1 atom stereocenters. The van der Waals surface area contributed by atoms with E-state index in [9.17, 15) is 0 Å². The Bertz CT molecular complexity index is 393. The van der Waals surface area contributed by atoms with Gasteiger partial charge in [-0.3, -0.25) is 0 Å². The van der Waals surface area contributed by atoms with E-state index in [4.69, 9.17) is 17.0 Å². The smallest absolute Gasteiger partial charge is 0.229 e. The lowest BCUT2D eigenvalue weighted by atomic mass is 10.2. The largest absolute Gasteiger partial charge is 0.376 e. The second-order valence-electron chi connectivity index (χ2n) is 3.99. The second kappa shape index (κ2) is 5.88. The minimum atomic E-state index is 0.271. The van der Waals surface area contributed by atoms with Crippen molar-refractivity contribution in [2.24, 2.45) is 0 Å². The number of nitrogens with zero attached hydrogens (tertiary/aromatic N) is 2. The summed E-state index contributed by atoms with van der Waals surface area (Å²) in [6.07, 6.45) is 4.20. The number of rotatable bonds is 3. The lowest BCUT2D eigenvalue weighted by Crippen LogP contribution is -2.35. The van der Waals surface area contributed by atoms with Crippen LogP contribution < -0.4 is 10.6 Å². The Kier molecular flexibility index (Phi) is 4.22. The molecular weight excluding hydrogens is 236 g/mol. The Morgan fingerprint density at radius 1 is 1.65 bits per heavy atom. The highest BCUT2D eigenvalue weighted by Crippen LogP contribution is 2.10.